The van der Waals surface area contributed by atoms with Gasteiger partial charge in [0.05, 0.1) is 72.8 Å². The first-order valence-electron chi connectivity index (χ1n) is 21.8. The van der Waals surface area contributed by atoms with Crippen molar-refractivity contribution in [3.63, 3.8) is 0 Å². The van der Waals surface area contributed by atoms with Crippen molar-refractivity contribution in [2.24, 2.45) is 5.73 Å². The third-order valence-electron chi connectivity index (χ3n) is 7.57. The van der Waals surface area contributed by atoms with E-state index < -0.39 is 83.7 Å². The quantitative estimate of drug-likeness (QED) is 0.0553. The number of ether oxygens (including phenoxy) is 3. The summed E-state index contributed by atoms with van der Waals surface area (Å²) >= 11 is 5.34. The number of methoxy groups -OCH3 is 3. The first-order valence-corrected chi connectivity index (χ1v) is 33.8. The van der Waals surface area contributed by atoms with Crippen molar-refractivity contribution >= 4 is 97.6 Å². The summed E-state index contributed by atoms with van der Waals surface area (Å²) in [6, 6.07) is 0.710. The van der Waals surface area contributed by atoms with Crippen molar-refractivity contribution in [1.82, 2.24) is 5.09 Å². The van der Waals surface area contributed by atoms with E-state index in [-0.39, 0.29) is 72.6 Å². The molecule has 16 atom stereocenters. The molecule has 2 saturated carbocycles. The number of phosphoric acid groups is 2. The third-order valence-corrected chi connectivity index (χ3v) is 15.3. The maximum absolute atomic E-state index is 13.1. The van der Waals surface area contributed by atoms with Crippen LogP contribution in [0.2, 0.25) is 0 Å². The van der Waals surface area contributed by atoms with Crippen LogP contribution in [-0.2, 0) is 91.4 Å². The molecule has 0 radical (unpaired) electrons. The predicted molar refractivity (Wildman–Crippen MR) is 274 cm³/mol. The van der Waals surface area contributed by atoms with Crippen LogP contribution in [0, 0.1) is 0 Å². The molecule has 4 N–H and O–H groups in total. The minimum Gasteiger partial charge on any atom is -0.870 e. The molecule has 23 nitrogen and oxygen atoms in total. The molecule has 69 heavy (non-hydrogen) atoms. The summed E-state index contributed by atoms with van der Waals surface area (Å²) in [5, 5.41) is 2.97. The van der Waals surface area contributed by atoms with Crippen LogP contribution in [0.3, 0.4) is 0 Å². The zero-order valence-corrected chi connectivity index (χ0v) is 53.9. The summed E-state index contributed by atoms with van der Waals surface area (Å²) in [6.07, 6.45) is 1.48. The molecule has 412 valence electrons. The van der Waals surface area contributed by atoms with E-state index in [9.17, 15) is 27.4 Å². The Morgan fingerprint density at radius 1 is 0.754 bits per heavy atom. The summed E-state index contributed by atoms with van der Waals surface area (Å²) < 4.78 is 155. The van der Waals surface area contributed by atoms with Crippen molar-refractivity contribution in [3.05, 3.63) is 0 Å². The molecule has 0 aromatic carbocycles. The van der Waals surface area contributed by atoms with Gasteiger partial charge in [0.2, 0.25) is 0 Å². The van der Waals surface area contributed by atoms with Crippen LogP contribution in [0.15, 0.2) is 0 Å². The summed E-state index contributed by atoms with van der Waals surface area (Å²) in [6.45, 7) is 12.2. The Bertz CT molecular complexity index is 1560. The van der Waals surface area contributed by atoms with Crippen molar-refractivity contribution < 1.29 is 129 Å². The molecular formula is C34H80Cl3N2NaO21P8+2. The molecule has 2 aliphatic carbocycles. The zero-order chi connectivity index (χ0) is 54.0. The Morgan fingerprint density at radius 2 is 1.13 bits per heavy atom. The van der Waals surface area contributed by atoms with Gasteiger partial charge in [-0.1, -0.05) is 12.8 Å². The average Bonchev–Trinajstić information content (AvgIpc) is 3.56. The van der Waals surface area contributed by atoms with E-state index in [1.807, 2.05) is 32.3 Å². The SMILES string of the molecule is CC1CO[P+](=O)O1.COCC(C)OP(C)(=O)Cl.COCC(C)O[P+](C)=O.ClCl.NC1CCC1.[3H]C(P)OP(=O)(OCC(C)OP(=O)(OCC(C)OP(C)(=O)NC1CCC1)OC([3H])P)OC(C)COC.[Na+].[OH-]. The molecule has 0 amide bonds. The van der Waals surface area contributed by atoms with E-state index in [4.69, 9.17) is 74.6 Å². The van der Waals surface area contributed by atoms with Gasteiger partial charge >= 0.3 is 61.5 Å². The van der Waals surface area contributed by atoms with Crippen molar-refractivity contribution in [2.75, 3.05) is 93.6 Å². The number of nitrogens with two attached hydrogens (primary N) is 1. The van der Waals surface area contributed by atoms with Crippen LogP contribution in [0.4, 0.5) is 0 Å². The van der Waals surface area contributed by atoms with Gasteiger partial charge in [-0.15, -0.1) is 32.1 Å². The monoisotopic (exact) mass is 1230 g/mol. The molecule has 35 heteroatoms. The third kappa shape index (κ3) is 50.4. The maximum atomic E-state index is 13.1. The predicted octanol–water partition coefficient (Wildman–Crippen LogP) is 8.05. The maximum Gasteiger partial charge on any atom is 1.00 e. The molecule has 0 bridgehead atoms. The van der Waals surface area contributed by atoms with E-state index >= 15 is 0 Å². The van der Waals surface area contributed by atoms with Crippen LogP contribution >= 0.6 is 97.6 Å². The number of halogens is 3. The van der Waals surface area contributed by atoms with E-state index in [0.717, 1.165) is 19.3 Å². The molecule has 1 aliphatic heterocycles. The van der Waals surface area contributed by atoms with Crippen molar-refractivity contribution in [2.45, 2.75) is 129 Å². The van der Waals surface area contributed by atoms with Gasteiger partial charge in [-0.05, 0) is 83.0 Å². The molecule has 1 saturated heterocycles. The Balaban J connectivity index is -0.000000331. The van der Waals surface area contributed by atoms with E-state index in [1.165, 1.54) is 53.3 Å². The van der Waals surface area contributed by atoms with Crippen LogP contribution in [0.25, 0.3) is 0 Å². The summed E-state index contributed by atoms with van der Waals surface area (Å²) in [5.74, 6) is 0. The van der Waals surface area contributed by atoms with Gasteiger partial charge in [-0.3, -0.25) is 36.3 Å². The fourth-order valence-corrected chi connectivity index (χ4v) is 12.1. The molecule has 3 fully saturated rings. The summed E-state index contributed by atoms with van der Waals surface area (Å²) in [7, 11) is 1.88. The Morgan fingerprint density at radius 3 is 1.41 bits per heavy atom. The van der Waals surface area contributed by atoms with Gasteiger partial charge in [-0.25, -0.2) is 14.2 Å². The average molecular weight is 1230 g/mol. The molecule has 3 aliphatic rings. The number of hydrogen-bond donors (Lipinski definition) is 2. The second-order valence-electron chi connectivity index (χ2n) is 14.8. The fraction of sp³-hybridized carbons (Fsp3) is 1.00. The van der Waals surface area contributed by atoms with Gasteiger partial charge in [0.1, 0.15) is 18.8 Å². The second kappa shape index (κ2) is 47.2. The molecule has 0 aromatic heterocycles. The van der Waals surface area contributed by atoms with E-state index in [2.05, 4.69) is 35.8 Å². The molecular weight excluding hydrogens is 1150 g/mol. The van der Waals surface area contributed by atoms with Crippen LogP contribution in [0.5, 0.6) is 0 Å². The first kappa shape index (κ1) is 76.4. The van der Waals surface area contributed by atoms with Gasteiger partial charge < -0.3 is 34.5 Å². The minimum atomic E-state index is -4.33. The van der Waals surface area contributed by atoms with E-state index in [1.54, 1.807) is 35.0 Å². The second-order valence-corrected chi connectivity index (χ2v) is 26.2. The fourth-order valence-electron chi connectivity index (χ4n) is 4.64. The van der Waals surface area contributed by atoms with Gasteiger partial charge in [0.25, 0.3) is 14.2 Å². The number of rotatable bonds is 28. The molecule has 0 spiro atoms. The summed E-state index contributed by atoms with van der Waals surface area (Å²) in [5.41, 5.74) is 5.38. The normalized spacial score (nSPS) is 23.1. The first-order chi connectivity index (χ1) is 31.9. The van der Waals surface area contributed by atoms with E-state index in [0.29, 0.717) is 25.9 Å². The van der Waals surface area contributed by atoms with Crippen molar-refractivity contribution in [1.29, 1.82) is 0 Å². The molecule has 3 rings (SSSR count). The van der Waals surface area contributed by atoms with Gasteiger partial charge in [0, 0.05) is 73.0 Å². The van der Waals surface area contributed by atoms with Crippen LogP contribution in [0.1, 0.15) is 82.8 Å². The number of phosphoric ester groups is 2. The Labute approximate surface area is 457 Å². The van der Waals surface area contributed by atoms with Gasteiger partial charge in [-0.2, -0.15) is 0 Å². The van der Waals surface area contributed by atoms with Crippen LogP contribution in [-0.4, -0.2) is 148 Å². The standard InChI is InChI=1S/C17H40NO11P5.C5H12ClO3P.C5H12O3P.C4H9N.C3H6O3P.Cl2.Na.H2O/c1-14(9-22-4)28-33(20,25-12-30)24-11-16(3)29-34(21,26-13-31)23-10-15(2)27-32(5,19)18-17-7-6-8-17;1-5(4-8-2)9-10(3,6)7;1-5(4-7-2)8-9(3)6;5-4-2-1-3-4;1-3-2-5-7(4)6-3;1-2;;/h14-17H,6-13,30-31H2,1-5H3,(H,18,19);5H,4H2,1-3H3;5H,4H2,1-3H3;4H,1-3,5H2;3H,2H2,1H3;;;1H2/q;;+1;;+1;;+1;/p-1/i12T,13T;;;;;;;. The Hall–Kier alpha value is 3.17. The number of hydrogen-bond acceptors (Lipinski definition) is 22. The molecule has 1 heterocycles. The van der Waals surface area contributed by atoms with Crippen molar-refractivity contribution in [3.8, 4) is 0 Å². The van der Waals surface area contributed by atoms with Gasteiger partial charge in [0.15, 0.2) is 6.66 Å². The molecule has 0 aromatic rings. The topological polar surface area (TPSA) is 300 Å². The van der Waals surface area contributed by atoms with Crippen LogP contribution < -0.4 is 40.4 Å². The zero-order valence-electron chi connectivity index (χ0n) is 43.9. The Kier molecular flexibility index (Phi) is 52.3. The number of nitrogens with one attached hydrogen (secondary N) is 1. The smallest absolute Gasteiger partial charge is 0.870 e. The largest absolute Gasteiger partial charge is 1.00 e. The summed E-state index contributed by atoms with van der Waals surface area (Å²) in [4.78, 5) is 0. The molecule has 16 unspecified atom stereocenters. The minimum absolute atomic E-state index is 0.